The van der Waals surface area contributed by atoms with Gasteiger partial charge < -0.3 is 9.88 Å². The zero-order chi connectivity index (χ0) is 12.0. The van der Waals surface area contributed by atoms with Crippen molar-refractivity contribution in [3.63, 3.8) is 0 Å². The molecule has 90 valence electrons. The lowest BCUT2D eigenvalue weighted by molar-refractivity contribution is 0.528. The molecule has 0 atom stereocenters. The molecule has 1 aromatic heterocycles. The number of rotatable bonds is 6. The van der Waals surface area contributed by atoms with Gasteiger partial charge in [-0.1, -0.05) is 6.92 Å². The zero-order valence-electron chi connectivity index (χ0n) is 9.90. The third-order valence-electron chi connectivity index (χ3n) is 2.47. The molecule has 0 aromatic carbocycles. The number of hydrogen-bond acceptors (Lipinski definition) is 3. The van der Waals surface area contributed by atoms with Crippen molar-refractivity contribution < 1.29 is 0 Å². The summed E-state index contributed by atoms with van der Waals surface area (Å²) in [6.45, 7) is 6.71. The van der Waals surface area contributed by atoms with Crippen LogP contribution in [-0.2, 0) is 13.1 Å². The van der Waals surface area contributed by atoms with Crippen molar-refractivity contribution in [2.75, 3.05) is 13.1 Å². The molecule has 0 aliphatic heterocycles. The minimum absolute atomic E-state index is 0.216. The quantitative estimate of drug-likeness (QED) is 0.695. The monoisotopic (exact) mass is 225 g/mol. The SMILES string of the molecule is CCNCCCn1c(=O)ccn(CC)c1=O. The molecule has 0 aliphatic rings. The van der Waals surface area contributed by atoms with E-state index in [-0.39, 0.29) is 11.2 Å². The fourth-order valence-electron chi connectivity index (χ4n) is 1.54. The molecule has 0 fully saturated rings. The fraction of sp³-hybridized carbons (Fsp3) is 0.636. The molecule has 0 saturated carbocycles. The van der Waals surface area contributed by atoms with Gasteiger partial charge in [0.2, 0.25) is 0 Å². The van der Waals surface area contributed by atoms with Gasteiger partial charge in [0.15, 0.2) is 0 Å². The number of aryl methyl sites for hydroxylation is 1. The van der Waals surface area contributed by atoms with E-state index in [1.54, 1.807) is 6.20 Å². The smallest absolute Gasteiger partial charge is 0.317 e. The Morgan fingerprint density at radius 3 is 2.69 bits per heavy atom. The molecular formula is C11H19N3O2. The predicted octanol–water partition coefficient (Wildman–Crippen LogP) is 0.0295. The van der Waals surface area contributed by atoms with Crippen LogP contribution in [0.25, 0.3) is 0 Å². The molecule has 0 unspecified atom stereocenters. The topological polar surface area (TPSA) is 56.0 Å². The third kappa shape index (κ3) is 3.06. The van der Waals surface area contributed by atoms with E-state index in [2.05, 4.69) is 5.32 Å². The van der Waals surface area contributed by atoms with Crippen LogP contribution in [0.15, 0.2) is 21.9 Å². The van der Waals surface area contributed by atoms with Crippen molar-refractivity contribution in [2.24, 2.45) is 0 Å². The largest absolute Gasteiger partial charge is 0.330 e. The van der Waals surface area contributed by atoms with Crippen LogP contribution < -0.4 is 16.6 Å². The zero-order valence-corrected chi connectivity index (χ0v) is 9.90. The van der Waals surface area contributed by atoms with Gasteiger partial charge in [-0.3, -0.25) is 9.36 Å². The molecular weight excluding hydrogens is 206 g/mol. The van der Waals surface area contributed by atoms with E-state index in [0.717, 1.165) is 19.5 Å². The molecule has 0 bridgehead atoms. The minimum Gasteiger partial charge on any atom is -0.317 e. The Morgan fingerprint density at radius 1 is 1.31 bits per heavy atom. The second-order valence-corrected chi connectivity index (χ2v) is 3.58. The summed E-state index contributed by atoms with van der Waals surface area (Å²) in [4.78, 5) is 23.3. The molecule has 0 radical (unpaired) electrons. The third-order valence-corrected chi connectivity index (χ3v) is 2.47. The highest BCUT2D eigenvalue weighted by Gasteiger charge is 2.02. The molecule has 1 rings (SSSR count). The van der Waals surface area contributed by atoms with E-state index < -0.39 is 0 Å². The summed E-state index contributed by atoms with van der Waals surface area (Å²) in [6.07, 6.45) is 2.34. The average molecular weight is 225 g/mol. The lowest BCUT2D eigenvalue weighted by Crippen LogP contribution is -2.39. The van der Waals surface area contributed by atoms with Gasteiger partial charge >= 0.3 is 5.69 Å². The lowest BCUT2D eigenvalue weighted by Gasteiger charge is -2.07. The Kier molecular flexibility index (Phi) is 4.98. The van der Waals surface area contributed by atoms with Crippen molar-refractivity contribution >= 4 is 0 Å². The minimum atomic E-state index is -0.216. The van der Waals surface area contributed by atoms with Gasteiger partial charge in [0.25, 0.3) is 5.56 Å². The highest BCUT2D eigenvalue weighted by atomic mass is 16.2. The van der Waals surface area contributed by atoms with Crippen molar-refractivity contribution in [3.8, 4) is 0 Å². The van der Waals surface area contributed by atoms with E-state index in [4.69, 9.17) is 0 Å². The summed E-state index contributed by atoms with van der Waals surface area (Å²) in [5.74, 6) is 0. The van der Waals surface area contributed by atoms with Crippen LogP contribution in [0.4, 0.5) is 0 Å². The number of nitrogens with zero attached hydrogens (tertiary/aromatic N) is 2. The molecule has 0 saturated heterocycles. The first-order valence-corrected chi connectivity index (χ1v) is 5.71. The summed E-state index contributed by atoms with van der Waals surface area (Å²) in [5, 5.41) is 3.16. The Morgan fingerprint density at radius 2 is 2.06 bits per heavy atom. The fourth-order valence-corrected chi connectivity index (χ4v) is 1.54. The Hall–Kier alpha value is -1.36. The molecule has 1 aromatic rings. The van der Waals surface area contributed by atoms with E-state index in [1.165, 1.54) is 15.2 Å². The summed E-state index contributed by atoms with van der Waals surface area (Å²) >= 11 is 0. The van der Waals surface area contributed by atoms with Crippen LogP contribution in [0.2, 0.25) is 0 Å². The highest BCUT2D eigenvalue weighted by Crippen LogP contribution is 1.83. The van der Waals surface area contributed by atoms with E-state index in [0.29, 0.717) is 13.1 Å². The van der Waals surface area contributed by atoms with E-state index in [9.17, 15) is 9.59 Å². The van der Waals surface area contributed by atoms with Crippen LogP contribution in [0.5, 0.6) is 0 Å². The van der Waals surface area contributed by atoms with Crippen LogP contribution in [0.1, 0.15) is 20.3 Å². The van der Waals surface area contributed by atoms with Crippen LogP contribution in [-0.4, -0.2) is 22.2 Å². The molecule has 16 heavy (non-hydrogen) atoms. The maximum absolute atomic E-state index is 11.8. The number of hydrogen-bond donors (Lipinski definition) is 1. The predicted molar refractivity (Wildman–Crippen MR) is 63.8 cm³/mol. The molecule has 5 nitrogen and oxygen atoms in total. The van der Waals surface area contributed by atoms with Crippen LogP contribution >= 0.6 is 0 Å². The molecule has 0 spiro atoms. The molecule has 5 heteroatoms. The van der Waals surface area contributed by atoms with E-state index >= 15 is 0 Å². The molecule has 1 N–H and O–H groups in total. The Balaban J connectivity index is 2.78. The highest BCUT2D eigenvalue weighted by molar-refractivity contribution is 4.86. The second-order valence-electron chi connectivity index (χ2n) is 3.58. The maximum Gasteiger partial charge on any atom is 0.330 e. The van der Waals surface area contributed by atoms with Crippen LogP contribution in [0, 0.1) is 0 Å². The van der Waals surface area contributed by atoms with Crippen molar-refractivity contribution in [2.45, 2.75) is 33.4 Å². The summed E-state index contributed by atoms with van der Waals surface area (Å²) in [7, 11) is 0. The van der Waals surface area contributed by atoms with Gasteiger partial charge in [-0.25, -0.2) is 4.79 Å². The van der Waals surface area contributed by atoms with Crippen molar-refractivity contribution in [1.29, 1.82) is 0 Å². The normalized spacial score (nSPS) is 10.6. The van der Waals surface area contributed by atoms with Gasteiger partial charge in [-0.15, -0.1) is 0 Å². The van der Waals surface area contributed by atoms with Crippen LogP contribution in [0.3, 0.4) is 0 Å². The molecule has 0 aliphatic carbocycles. The van der Waals surface area contributed by atoms with Crippen molar-refractivity contribution in [3.05, 3.63) is 33.1 Å². The van der Waals surface area contributed by atoms with Gasteiger partial charge in [-0.2, -0.15) is 0 Å². The second kappa shape index (κ2) is 6.27. The molecule has 1 heterocycles. The number of aromatic nitrogens is 2. The summed E-state index contributed by atoms with van der Waals surface area (Å²) in [6, 6.07) is 1.44. The van der Waals surface area contributed by atoms with Crippen molar-refractivity contribution in [1.82, 2.24) is 14.5 Å². The lowest BCUT2D eigenvalue weighted by atomic mass is 10.4. The Labute approximate surface area is 94.7 Å². The number of nitrogens with one attached hydrogen (secondary N) is 1. The first kappa shape index (κ1) is 12.7. The van der Waals surface area contributed by atoms with Gasteiger partial charge in [0.1, 0.15) is 0 Å². The standard InChI is InChI=1S/C11H19N3O2/c1-3-12-7-5-8-14-10(15)6-9-13(4-2)11(14)16/h6,9,12H,3-5,7-8H2,1-2H3. The summed E-state index contributed by atoms with van der Waals surface area (Å²) < 4.78 is 2.83. The van der Waals surface area contributed by atoms with Gasteiger partial charge in [0, 0.05) is 25.4 Å². The maximum atomic E-state index is 11.8. The van der Waals surface area contributed by atoms with Gasteiger partial charge in [-0.05, 0) is 26.4 Å². The summed E-state index contributed by atoms with van der Waals surface area (Å²) in [5.41, 5.74) is -0.433. The molecule has 0 amide bonds. The Bertz CT molecular complexity index is 434. The first-order valence-electron chi connectivity index (χ1n) is 5.71. The van der Waals surface area contributed by atoms with E-state index in [1.807, 2.05) is 13.8 Å². The van der Waals surface area contributed by atoms with Gasteiger partial charge in [0.05, 0.1) is 0 Å². The first-order chi connectivity index (χ1) is 7.70. The average Bonchev–Trinajstić information content (AvgIpc) is 2.28.